The number of alkyl halides is 6. The SMILES string of the molecule is CC(=O)Oc1ccccc1C(=O)Nc1cc(C(F)(F)F)cc(C(F)(F)F)c1. The molecule has 0 spiro atoms. The molecule has 0 aliphatic carbocycles. The van der Waals surface area contributed by atoms with E-state index in [0.717, 1.165) is 6.92 Å². The summed E-state index contributed by atoms with van der Waals surface area (Å²) < 4.78 is 82.0. The Labute approximate surface area is 148 Å². The molecule has 4 nitrogen and oxygen atoms in total. The first-order chi connectivity index (χ1) is 12.4. The van der Waals surface area contributed by atoms with Crippen LogP contribution in [-0.2, 0) is 17.1 Å². The van der Waals surface area contributed by atoms with Gasteiger partial charge < -0.3 is 10.1 Å². The van der Waals surface area contributed by atoms with Crippen molar-refractivity contribution in [2.45, 2.75) is 19.3 Å². The molecule has 0 atom stereocenters. The van der Waals surface area contributed by atoms with Gasteiger partial charge in [-0.25, -0.2) is 0 Å². The lowest BCUT2D eigenvalue weighted by Crippen LogP contribution is -2.17. The molecule has 2 aromatic carbocycles. The maximum atomic E-state index is 12.9. The molecular formula is C17H11F6NO3. The van der Waals surface area contributed by atoms with Crippen LogP contribution in [0.5, 0.6) is 5.75 Å². The van der Waals surface area contributed by atoms with Gasteiger partial charge in [-0.3, -0.25) is 9.59 Å². The van der Waals surface area contributed by atoms with Crippen molar-refractivity contribution in [2.24, 2.45) is 0 Å². The summed E-state index contributed by atoms with van der Waals surface area (Å²) in [4.78, 5) is 23.3. The lowest BCUT2D eigenvalue weighted by Gasteiger charge is -2.15. The summed E-state index contributed by atoms with van der Waals surface area (Å²) in [6.07, 6.45) is -10.1. The quantitative estimate of drug-likeness (QED) is 0.460. The van der Waals surface area contributed by atoms with E-state index in [9.17, 15) is 35.9 Å². The van der Waals surface area contributed by atoms with Crippen LogP contribution < -0.4 is 10.1 Å². The first-order valence-corrected chi connectivity index (χ1v) is 7.26. The Hall–Kier alpha value is -3.04. The molecule has 144 valence electrons. The van der Waals surface area contributed by atoms with Gasteiger partial charge in [0.05, 0.1) is 16.7 Å². The highest BCUT2D eigenvalue weighted by molar-refractivity contribution is 6.06. The van der Waals surface area contributed by atoms with E-state index in [1.807, 2.05) is 5.32 Å². The Morgan fingerprint density at radius 3 is 1.89 bits per heavy atom. The number of para-hydroxylation sites is 1. The van der Waals surface area contributed by atoms with E-state index in [2.05, 4.69) is 0 Å². The molecule has 0 bridgehead atoms. The fourth-order valence-electron chi connectivity index (χ4n) is 2.12. The number of carbonyl (C=O) groups is 2. The maximum absolute atomic E-state index is 12.9. The molecular weight excluding hydrogens is 380 g/mol. The third-order valence-corrected chi connectivity index (χ3v) is 3.23. The van der Waals surface area contributed by atoms with Gasteiger partial charge in [-0.2, -0.15) is 26.3 Å². The minimum Gasteiger partial charge on any atom is -0.426 e. The minimum absolute atomic E-state index is 0.0531. The molecule has 0 saturated heterocycles. The van der Waals surface area contributed by atoms with Crippen molar-refractivity contribution in [3.8, 4) is 5.75 Å². The molecule has 0 aromatic heterocycles. The van der Waals surface area contributed by atoms with Crippen LogP contribution in [-0.4, -0.2) is 11.9 Å². The van der Waals surface area contributed by atoms with Crippen molar-refractivity contribution in [1.29, 1.82) is 0 Å². The van der Waals surface area contributed by atoms with Crippen LogP contribution in [0.25, 0.3) is 0 Å². The van der Waals surface area contributed by atoms with Gasteiger partial charge in [-0.1, -0.05) is 12.1 Å². The van der Waals surface area contributed by atoms with Crippen LogP contribution >= 0.6 is 0 Å². The number of hydrogen-bond donors (Lipinski definition) is 1. The Morgan fingerprint density at radius 2 is 1.41 bits per heavy atom. The van der Waals surface area contributed by atoms with Crippen molar-refractivity contribution in [3.05, 3.63) is 59.2 Å². The first-order valence-electron chi connectivity index (χ1n) is 7.26. The summed E-state index contributed by atoms with van der Waals surface area (Å²) in [6, 6.07) is 5.97. The van der Waals surface area contributed by atoms with Crippen molar-refractivity contribution in [3.63, 3.8) is 0 Å². The van der Waals surface area contributed by atoms with Crippen LogP contribution in [0.15, 0.2) is 42.5 Å². The van der Waals surface area contributed by atoms with Gasteiger partial charge in [0, 0.05) is 12.6 Å². The second-order valence-corrected chi connectivity index (χ2v) is 5.34. The van der Waals surface area contributed by atoms with Gasteiger partial charge in [-0.05, 0) is 30.3 Å². The standard InChI is InChI=1S/C17H11F6NO3/c1-9(25)27-14-5-3-2-4-13(14)15(26)24-12-7-10(16(18,19)20)6-11(8-12)17(21,22)23/h2-8H,1H3,(H,24,26). The summed E-state index contributed by atoms with van der Waals surface area (Å²) in [5.41, 5.74) is -4.08. The monoisotopic (exact) mass is 391 g/mol. The Balaban J connectivity index is 2.42. The minimum atomic E-state index is -5.05. The number of rotatable bonds is 3. The van der Waals surface area contributed by atoms with Gasteiger partial charge in [-0.15, -0.1) is 0 Å². The number of benzene rings is 2. The molecule has 0 unspecified atom stereocenters. The molecule has 0 radical (unpaired) electrons. The molecule has 10 heteroatoms. The van der Waals surface area contributed by atoms with Crippen LogP contribution in [0.1, 0.15) is 28.4 Å². The fraction of sp³-hybridized carbons (Fsp3) is 0.176. The molecule has 27 heavy (non-hydrogen) atoms. The van der Waals surface area contributed by atoms with E-state index in [-0.39, 0.29) is 17.4 Å². The molecule has 2 aromatic rings. The summed E-state index contributed by atoms with van der Waals surface area (Å²) in [5, 5.41) is 1.97. The fourth-order valence-corrected chi connectivity index (χ4v) is 2.12. The van der Waals surface area contributed by atoms with E-state index >= 15 is 0 Å². The lowest BCUT2D eigenvalue weighted by molar-refractivity contribution is -0.143. The smallest absolute Gasteiger partial charge is 0.416 e. The predicted octanol–water partition coefficient (Wildman–Crippen LogP) is 4.90. The van der Waals surface area contributed by atoms with Crippen molar-refractivity contribution in [1.82, 2.24) is 0 Å². The number of nitrogens with one attached hydrogen (secondary N) is 1. The average Bonchev–Trinajstić information content (AvgIpc) is 2.52. The summed E-state index contributed by atoms with van der Waals surface area (Å²) >= 11 is 0. The molecule has 2 rings (SSSR count). The lowest BCUT2D eigenvalue weighted by atomic mass is 10.1. The number of amides is 1. The average molecular weight is 391 g/mol. The van der Waals surface area contributed by atoms with Gasteiger partial charge in [0.15, 0.2) is 0 Å². The van der Waals surface area contributed by atoms with Crippen LogP contribution in [0.3, 0.4) is 0 Å². The van der Waals surface area contributed by atoms with Crippen LogP contribution in [0.4, 0.5) is 32.0 Å². The number of anilines is 1. The zero-order chi connectivity index (χ0) is 20.4. The van der Waals surface area contributed by atoms with Gasteiger partial charge in [0.1, 0.15) is 5.75 Å². The third kappa shape index (κ3) is 5.22. The molecule has 0 fully saturated rings. The topological polar surface area (TPSA) is 55.4 Å². The molecule has 1 amide bonds. The van der Waals surface area contributed by atoms with Crippen molar-refractivity contribution in [2.75, 3.05) is 5.32 Å². The van der Waals surface area contributed by atoms with Crippen LogP contribution in [0.2, 0.25) is 0 Å². The largest absolute Gasteiger partial charge is 0.426 e. The van der Waals surface area contributed by atoms with E-state index in [4.69, 9.17) is 4.74 Å². The molecule has 0 aliphatic rings. The zero-order valence-electron chi connectivity index (χ0n) is 13.5. The second kappa shape index (κ2) is 7.29. The second-order valence-electron chi connectivity index (χ2n) is 5.34. The molecule has 0 aliphatic heterocycles. The number of halogens is 6. The molecule has 0 saturated carbocycles. The first kappa shape index (κ1) is 20.3. The van der Waals surface area contributed by atoms with E-state index < -0.39 is 41.0 Å². The van der Waals surface area contributed by atoms with E-state index in [1.165, 1.54) is 24.3 Å². The van der Waals surface area contributed by atoms with Gasteiger partial charge in [0.25, 0.3) is 5.91 Å². The Bertz CT molecular complexity index is 841. The maximum Gasteiger partial charge on any atom is 0.416 e. The summed E-state index contributed by atoms with van der Waals surface area (Å²) in [5.74, 6) is -1.99. The van der Waals surface area contributed by atoms with Crippen molar-refractivity contribution < 1.29 is 40.7 Å². The predicted molar refractivity (Wildman–Crippen MR) is 82.2 cm³/mol. The Kier molecular flexibility index (Phi) is 5.48. The highest BCUT2D eigenvalue weighted by Crippen LogP contribution is 2.37. The highest BCUT2D eigenvalue weighted by Gasteiger charge is 2.37. The number of esters is 1. The molecule has 0 heterocycles. The van der Waals surface area contributed by atoms with Crippen LogP contribution in [0, 0.1) is 0 Å². The molecule has 1 N–H and O–H groups in total. The summed E-state index contributed by atoms with van der Waals surface area (Å²) in [7, 11) is 0. The van der Waals surface area contributed by atoms with Crippen molar-refractivity contribution >= 4 is 17.6 Å². The highest BCUT2D eigenvalue weighted by atomic mass is 19.4. The number of hydrogen-bond acceptors (Lipinski definition) is 3. The normalized spacial score (nSPS) is 11.8. The van der Waals surface area contributed by atoms with E-state index in [1.54, 1.807) is 0 Å². The third-order valence-electron chi connectivity index (χ3n) is 3.23. The van der Waals surface area contributed by atoms with Gasteiger partial charge in [0.2, 0.25) is 0 Å². The zero-order valence-corrected chi connectivity index (χ0v) is 13.5. The number of carbonyl (C=O) groups excluding carboxylic acids is 2. The number of ether oxygens (including phenoxy) is 1. The Morgan fingerprint density at radius 1 is 0.889 bits per heavy atom. The van der Waals surface area contributed by atoms with E-state index in [0.29, 0.717) is 12.1 Å². The summed E-state index contributed by atoms with van der Waals surface area (Å²) in [6.45, 7) is 1.07. The van der Waals surface area contributed by atoms with Gasteiger partial charge >= 0.3 is 18.3 Å².